The molecule has 0 fully saturated rings. The highest BCUT2D eigenvalue weighted by Gasteiger charge is 2.23. The lowest BCUT2D eigenvalue weighted by Crippen LogP contribution is -2.37. The molecule has 1 N–H and O–H groups in total. The lowest BCUT2D eigenvalue weighted by molar-refractivity contribution is 0.0215. The quantitative estimate of drug-likeness (QED) is 0.892. The number of thiazole rings is 1. The van der Waals surface area contributed by atoms with E-state index in [-0.39, 0.29) is 11.0 Å². The van der Waals surface area contributed by atoms with Crippen LogP contribution in [0.4, 0.5) is 0 Å². The molecule has 0 radical (unpaired) electrons. The van der Waals surface area contributed by atoms with Gasteiger partial charge >= 0.3 is 0 Å². The summed E-state index contributed by atoms with van der Waals surface area (Å²) in [5, 5.41) is 4.75. The fourth-order valence-electron chi connectivity index (χ4n) is 1.69. The molecule has 0 aliphatic carbocycles. The summed E-state index contributed by atoms with van der Waals surface area (Å²) >= 11 is 1.82. The van der Waals surface area contributed by atoms with Crippen molar-refractivity contribution in [3.63, 3.8) is 0 Å². The van der Waals surface area contributed by atoms with E-state index >= 15 is 0 Å². The van der Waals surface area contributed by atoms with E-state index in [1.807, 2.05) is 11.3 Å². The molecule has 0 saturated heterocycles. The second-order valence-corrected chi connectivity index (χ2v) is 7.82. The number of rotatable bonds is 5. The Morgan fingerprint density at radius 2 is 1.84 bits per heavy atom. The molecule has 0 spiro atoms. The van der Waals surface area contributed by atoms with Crippen molar-refractivity contribution in [2.75, 3.05) is 13.7 Å². The highest BCUT2D eigenvalue weighted by atomic mass is 32.1. The van der Waals surface area contributed by atoms with Gasteiger partial charge in [-0.3, -0.25) is 0 Å². The topological polar surface area (TPSA) is 34.1 Å². The Bertz CT molecular complexity index is 418. The Balaban J connectivity index is 2.78. The van der Waals surface area contributed by atoms with Crippen LogP contribution in [-0.2, 0) is 10.2 Å². The number of methoxy groups -OCH3 is 1. The largest absolute Gasteiger partial charge is 0.377 e. The normalized spacial score (nSPS) is 14.7. The molecule has 0 bridgehead atoms. The minimum Gasteiger partial charge on any atom is -0.377 e. The molecule has 0 aliphatic heterocycles. The van der Waals surface area contributed by atoms with Gasteiger partial charge in [-0.2, -0.15) is 0 Å². The molecular weight excluding hydrogens is 256 g/mol. The summed E-state index contributed by atoms with van der Waals surface area (Å²) in [6.07, 6.45) is 0. The summed E-state index contributed by atoms with van der Waals surface area (Å²) < 4.78 is 5.44. The van der Waals surface area contributed by atoms with Crippen LogP contribution < -0.4 is 5.32 Å². The molecule has 1 unspecified atom stereocenters. The van der Waals surface area contributed by atoms with Crippen LogP contribution in [0.25, 0.3) is 0 Å². The van der Waals surface area contributed by atoms with E-state index in [9.17, 15) is 0 Å². The first-order valence-corrected chi connectivity index (χ1v) is 7.65. The molecule has 1 atom stereocenters. The summed E-state index contributed by atoms with van der Waals surface area (Å²) in [5.74, 6) is 0. The number of ether oxygens (including phenoxy) is 1. The standard InChI is InChI=1S/C15H28N2OS/c1-10(16-9-15(6,7)18-8)12-11(2)17-13(19-12)14(3,4)5/h10,16H,9H2,1-8H3. The molecule has 19 heavy (non-hydrogen) atoms. The van der Waals surface area contributed by atoms with Crippen LogP contribution in [0.15, 0.2) is 0 Å². The van der Waals surface area contributed by atoms with Crippen LogP contribution in [-0.4, -0.2) is 24.2 Å². The van der Waals surface area contributed by atoms with E-state index in [4.69, 9.17) is 9.72 Å². The van der Waals surface area contributed by atoms with Crippen LogP contribution in [0.2, 0.25) is 0 Å². The Labute approximate surface area is 121 Å². The Morgan fingerprint density at radius 1 is 1.26 bits per heavy atom. The number of hydrogen-bond donors (Lipinski definition) is 1. The van der Waals surface area contributed by atoms with Crippen LogP contribution in [0, 0.1) is 6.92 Å². The van der Waals surface area contributed by atoms with E-state index in [0.717, 1.165) is 12.2 Å². The van der Waals surface area contributed by atoms with E-state index in [0.29, 0.717) is 6.04 Å². The zero-order chi connectivity index (χ0) is 14.8. The van der Waals surface area contributed by atoms with E-state index < -0.39 is 0 Å². The second kappa shape index (κ2) is 5.90. The van der Waals surface area contributed by atoms with Gasteiger partial charge in [0.25, 0.3) is 0 Å². The smallest absolute Gasteiger partial charge is 0.0985 e. The van der Waals surface area contributed by atoms with Gasteiger partial charge < -0.3 is 10.1 Å². The van der Waals surface area contributed by atoms with Crippen molar-refractivity contribution >= 4 is 11.3 Å². The van der Waals surface area contributed by atoms with Crippen molar-refractivity contribution < 1.29 is 4.74 Å². The minimum absolute atomic E-state index is 0.124. The SMILES string of the molecule is COC(C)(C)CNC(C)c1sc(C(C)(C)C)nc1C. The van der Waals surface area contributed by atoms with Gasteiger partial charge in [-0.25, -0.2) is 4.98 Å². The van der Waals surface area contributed by atoms with Gasteiger partial charge in [0, 0.05) is 30.0 Å². The first-order valence-electron chi connectivity index (χ1n) is 6.83. The van der Waals surface area contributed by atoms with Gasteiger partial charge in [0.2, 0.25) is 0 Å². The van der Waals surface area contributed by atoms with Gasteiger partial charge in [0.15, 0.2) is 0 Å². The van der Waals surface area contributed by atoms with Crippen molar-refractivity contribution in [3.8, 4) is 0 Å². The van der Waals surface area contributed by atoms with Crippen LogP contribution in [0.3, 0.4) is 0 Å². The molecule has 110 valence electrons. The Hall–Kier alpha value is -0.450. The number of aryl methyl sites for hydroxylation is 1. The summed E-state index contributed by atoms with van der Waals surface area (Å²) in [6.45, 7) is 15.9. The van der Waals surface area contributed by atoms with Crippen molar-refractivity contribution in [1.29, 1.82) is 0 Å². The maximum Gasteiger partial charge on any atom is 0.0985 e. The number of hydrogen-bond acceptors (Lipinski definition) is 4. The summed E-state index contributed by atoms with van der Waals surface area (Å²) in [7, 11) is 1.75. The molecular formula is C15H28N2OS. The number of nitrogens with zero attached hydrogens (tertiary/aromatic N) is 1. The van der Waals surface area contributed by atoms with E-state index in [2.05, 4.69) is 53.8 Å². The third kappa shape index (κ3) is 4.55. The molecule has 1 aromatic heterocycles. The summed E-state index contributed by atoms with van der Waals surface area (Å²) in [5.41, 5.74) is 1.13. The summed E-state index contributed by atoms with van der Waals surface area (Å²) in [6, 6.07) is 0.308. The zero-order valence-corrected chi connectivity index (χ0v) is 14.4. The molecule has 1 aromatic rings. The maximum atomic E-state index is 5.44. The number of aromatic nitrogens is 1. The first kappa shape index (κ1) is 16.6. The Kier molecular flexibility index (Phi) is 5.15. The third-order valence-corrected chi connectivity index (χ3v) is 5.02. The second-order valence-electron chi connectivity index (χ2n) is 6.79. The third-order valence-electron chi connectivity index (χ3n) is 3.25. The zero-order valence-electron chi connectivity index (χ0n) is 13.5. The fourth-order valence-corrected chi connectivity index (χ4v) is 2.85. The average molecular weight is 284 g/mol. The molecule has 0 amide bonds. The highest BCUT2D eigenvalue weighted by Crippen LogP contribution is 2.32. The average Bonchev–Trinajstić information content (AvgIpc) is 2.68. The molecule has 1 heterocycles. The molecule has 1 rings (SSSR count). The molecule has 0 aromatic carbocycles. The monoisotopic (exact) mass is 284 g/mol. The molecule has 0 aliphatic rings. The van der Waals surface area contributed by atoms with Crippen molar-refractivity contribution in [1.82, 2.24) is 10.3 Å². The predicted molar refractivity (Wildman–Crippen MR) is 83.1 cm³/mol. The van der Waals surface area contributed by atoms with E-state index in [1.54, 1.807) is 7.11 Å². The van der Waals surface area contributed by atoms with Gasteiger partial charge in [-0.1, -0.05) is 20.8 Å². The van der Waals surface area contributed by atoms with E-state index in [1.165, 1.54) is 9.88 Å². The lowest BCUT2D eigenvalue weighted by Gasteiger charge is -2.25. The van der Waals surface area contributed by atoms with Crippen molar-refractivity contribution in [2.45, 2.75) is 65.5 Å². The predicted octanol–water partition coefficient (Wildman–Crippen LogP) is 3.82. The lowest BCUT2D eigenvalue weighted by atomic mass is 9.98. The van der Waals surface area contributed by atoms with Gasteiger partial charge in [-0.15, -0.1) is 11.3 Å². The van der Waals surface area contributed by atoms with Crippen LogP contribution in [0.5, 0.6) is 0 Å². The molecule has 3 nitrogen and oxygen atoms in total. The Morgan fingerprint density at radius 3 is 2.26 bits per heavy atom. The van der Waals surface area contributed by atoms with Crippen molar-refractivity contribution in [3.05, 3.63) is 15.6 Å². The fraction of sp³-hybridized carbons (Fsp3) is 0.800. The van der Waals surface area contributed by atoms with Crippen LogP contribution in [0.1, 0.15) is 63.2 Å². The maximum absolute atomic E-state index is 5.44. The van der Waals surface area contributed by atoms with Gasteiger partial charge in [0.05, 0.1) is 16.3 Å². The van der Waals surface area contributed by atoms with Gasteiger partial charge in [-0.05, 0) is 27.7 Å². The minimum atomic E-state index is -0.139. The van der Waals surface area contributed by atoms with Crippen molar-refractivity contribution in [2.24, 2.45) is 0 Å². The molecule has 4 heteroatoms. The van der Waals surface area contributed by atoms with Crippen LogP contribution >= 0.6 is 11.3 Å². The van der Waals surface area contributed by atoms with Gasteiger partial charge in [0.1, 0.15) is 0 Å². The first-order chi connectivity index (χ1) is 8.57. The number of nitrogens with one attached hydrogen (secondary N) is 1. The molecule has 0 saturated carbocycles. The highest BCUT2D eigenvalue weighted by molar-refractivity contribution is 7.12. The summed E-state index contributed by atoms with van der Waals surface area (Å²) in [4.78, 5) is 6.05.